The number of hydrogen-bond acceptors (Lipinski definition) is 4. The SMILES string of the molecule is C[C@]12C(=O)N(c3cccc(Cl)c3)C(=O)[C@H]1ON(c1ccccc1)[C@H]2c1ccccc1. The number of para-hydroxylation sites is 1. The highest BCUT2D eigenvalue weighted by molar-refractivity contribution is 6.31. The summed E-state index contributed by atoms with van der Waals surface area (Å²) in [7, 11) is 0. The summed E-state index contributed by atoms with van der Waals surface area (Å²) in [5, 5.41) is 2.16. The van der Waals surface area contributed by atoms with Crippen LogP contribution < -0.4 is 9.96 Å². The van der Waals surface area contributed by atoms with Gasteiger partial charge < -0.3 is 0 Å². The van der Waals surface area contributed by atoms with E-state index >= 15 is 0 Å². The molecule has 0 N–H and O–H groups in total. The quantitative estimate of drug-likeness (QED) is 0.574. The number of benzene rings is 3. The van der Waals surface area contributed by atoms with Crippen molar-refractivity contribution in [1.29, 1.82) is 0 Å². The first kappa shape index (κ1) is 18.9. The molecule has 0 saturated carbocycles. The third kappa shape index (κ3) is 2.66. The summed E-state index contributed by atoms with van der Waals surface area (Å²) in [6.07, 6.45) is -0.936. The molecule has 30 heavy (non-hydrogen) atoms. The van der Waals surface area contributed by atoms with E-state index in [4.69, 9.17) is 16.4 Å². The van der Waals surface area contributed by atoms with Crippen molar-refractivity contribution in [1.82, 2.24) is 0 Å². The molecular formula is C24H19ClN2O3. The van der Waals surface area contributed by atoms with Gasteiger partial charge in [0, 0.05) is 5.02 Å². The van der Waals surface area contributed by atoms with Gasteiger partial charge in [-0.05, 0) is 42.8 Å². The van der Waals surface area contributed by atoms with Crippen LogP contribution in [-0.2, 0) is 14.4 Å². The number of anilines is 2. The smallest absolute Gasteiger partial charge is 0.266 e. The lowest BCUT2D eigenvalue weighted by molar-refractivity contribution is -0.128. The van der Waals surface area contributed by atoms with Crippen molar-refractivity contribution in [3.8, 4) is 0 Å². The predicted octanol–water partition coefficient (Wildman–Crippen LogP) is 4.78. The number of rotatable bonds is 3. The molecule has 6 heteroatoms. The van der Waals surface area contributed by atoms with Gasteiger partial charge in [-0.3, -0.25) is 14.4 Å². The van der Waals surface area contributed by atoms with Gasteiger partial charge in [-0.1, -0.05) is 66.2 Å². The summed E-state index contributed by atoms with van der Waals surface area (Å²) in [4.78, 5) is 34.5. The molecule has 0 radical (unpaired) electrons. The van der Waals surface area contributed by atoms with Crippen LogP contribution in [0.2, 0.25) is 5.02 Å². The normalized spacial score (nSPS) is 25.7. The van der Waals surface area contributed by atoms with Gasteiger partial charge in [0.25, 0.3) is 5.91 Å². The van der Waals surface area contributed by atoms with Gasteiger partial charge in [0.15, 0.2) is 6.10 Å². The Morgan fingerprint density at radius 2 is 1.50 bits per heavy atom. The largest absolute Gasteiger partial charge is 0.273 e. The molecule has 3 atom stereocenters. The van der Waals surface area contributed by atoms with Crippen molar-refractivity contribution >= 4 is 34.8 Å². The molecule has 5 rings (SSSR count). The maximum Gasteiger partial charge on any atom is 0.266 e. The average Bonchev–Trinajstić information content (AvgIpc) is 3.18. The molecule has 2 amide bonds. The molecule has 0 spiro atoms. The number of fused-ring (bicyclic) bond motifs is 1. The van der Waals surface area contributed by atoms with E-state index in [2.05, 4.69) is 0 Å². The van der Waals surface area contributed by atoms with Crippen LogP contribution in [0, 0.1) is 5.41 Å². The summed E-state index contributed by atoms with van der Waals surface area (Å²) in [5.74, 6) is -0.684. The third-order valence-corrected chi connectivity index (χ3v) is 6.10. The second-order valence-electron chi connectivity index (χ2n) is 7.70. The van der Waals surface area contributed by atoms with E-state index in [-0.39, 0.29) is 11.8 Å². The first-order valence-electron chi connectivity index (χ1n) is 9.72. The first-order chi connectivity index (χ1) is 14.5. The van der Waals surface area contributed by atoms with E-state index in [1.54, 1.807) is 29.3 Å². The summed E-state index contributed by atoms with van der Waals surface area (Å²) in [6.45, 7) is 1.81. The summed E-state index contributed by atoms with van der Waals surface area (Å²) in [5.41, 5.74) is 1.04. The van der Waals surface area contributed by atoms with Crippen molar-refractivity contribution < 1.29 is 14.4 Å². The van der Waals surface area contributed by atoms with Gasteiger partial charge in [0.2, 0.25) is 5.91 Å². The Hall–Kier alpha value is -3.15. The molecule has 3 aromatic rings. The number of nitrogens with zero attached hydrogens (tertiary/aromatic N) is 2. The van der Waals surface area contributed by atoms with Crippen LogP contribution in [0.25, 0.3) is 0 Å². The van der Waals surface area contributed by atoms with Crippen molar-refractivity contribution in [2.75, 3.05) is 9.96 Å². The summed E-state index contributed by atoms with van der Waals surface area (Å²) >= 11 is 6.11. The lowest BCUT2D eigenvalue weighted by Crippen LogP contribution is -2.41. The second-order valence-corrected chi connectivity index (χ2v) is 8.14. The fraction of sp³-hybridized carbons (Fsp3) is 0.167. The van der Waals surface area contributed by atoms with Crippen LogP contribution in [0.15, 0.2) is 84.9 Å². The maximum atomic E-state index is 13.7. The van der Waals surface area contributed by atoms with Crippen molar-refractivity contribution in [2.24, 2.45) is 5.41 Å². The number of amides is 2. The van der Waals surface area contributed by atoms with Crippen molar-refractivity contribution in [3.63, 3.8) is 0 Å². The molecule has 2 heterocycles. The Bertz CT molecular complexity index is 1120. The Morgan fingerprint density at radius 1 is 0.867 bits per heavy atom. The molecule has 3 aromatic carbocycles. The maximum absolute atomic E-state index is 13.7. The van der Waals surface area contributed by atoms with Gasteiger partial charge in [-0.15, -0.1) is 0 Å². The molecule has 150 valence electrons. The van der Waals surface area contributed by atoms with E-state index in [9.17, 15) is 9.59 Å². The molecule has 2 saturated heterocycles. The number of hydroxylamine groups is 1. The first-order valence-corrected chi connectivity index (χ1v) is 10.1. The van der Waals surface area contributed by atoms with Gasteiger partial charge >= 0.3 is 0 Å². The topological polar surface area (TPSA) is 49.9 Å². The van der Waals surface area contributed by atoms with Crippen LogP contribution in [0.1, 0.15) is 18.5 Å². The standard InChI is InChI=1S/C24H19ClN2O3/c1-24-20(16-9-4-2-5-10-16)27(18-12-6-3-7-13-18)30-21(24)22(28)26(23(24)29)19-14-8-11-17(25)15-19/h2-15,20-21H,1H3/t20-,21+,24+/m0/s1. The number of hydrogen-bond donors (Lipinski definition) is 0. The van der Waals surface area contributed by atoms with Crippen LogP contribution in [0.5, 0.6) is 0 Å². The minimum absolute atomic E-state index is 0.299. The van der Waals surface area contributed by atoms with Crippen LogP contribution in [-0.4, -0.2) is 17.9 Å². The fourth-order valence-electron chi connectivity index (χ4n) is 4.42. The van der Waals surface area contributed by atoms with E-state index in [0.717, 1.165) is 11.3 Å². The highest BCUT2D eigenvalue weighted by atomic mass is 35.5. The van der Waals surface area contributed by atoms with Gasteiger partial charge in [-0.25, -0.2) is 9.96 Å². The molecule has 0 aromatic heterocycles. The third-order valence-electron chi connectivity index (χ3n) is 5.87. The van der Waals surface area contributed by atoms with Crippen LogP contribution in [0.4, 0.5) is 11.4 Å². The van der Waals surface area contributed by atoms with E-state index in [1.807, 2.05) is 67.6 Å². The van der Waals surface area contributed by atoms with E-state index in [1.165, 1.54) is 4.90 Å². The molecule has 0 unspecified atom stereocenters. The minimum Gasteiger partial charge on any atom is -0.273 e. The van der Waals surface area contributed by atoms with Gasteiger partial charge in [0.05, 0.1) is 17.4 Å². The number of imide groups is 1. The Morgan fingerprint density at radius 3 is 2.17 bits per heavy atom. The molecule has 2 fully saturated rings. The molecule has 2 aliphatic heterocycles. The fourth-order valence-corrected chi connectivity index (χ4v) is 4.61. The minimum atomic E-state index is -1.10. The van der Waals surface area contributed by atoms with E-state index in [0.29, 0.717) is 10.7 Å². The molecule has 2 aliphatic rings. The monoisotopic (exact) mass is 418 g/mol. The molecule has 5 nitrogen and oxygen atoms in total. The molecular weight excluding hydrogens is 400 g/mol. The lowest BCUT2D eigenvalue weighted by atomic mass is 9.76. The van der Waals surface area contributed by atoms with Crippen LogP contribution in [0.3, 0.4) is 0 Å². The molecule has 0 aliphatic carbocycles. The second kappa shape index (κ2) is 6.97. The van der Waals surface area contributed by atoms with E-state index < -0.39 is 17.6 Å². The van der Waals surface area contributed by atoms with Crippen molar-refractivity contribution in [3.05, 3.63) is 95.5 Å². The Kier molecular flexibility index (Phi) is 4.38. The van der Waals surface area contributed by atoms with Crippen LogP contribution >= 0.6 is 11.6 Å². The zero-order valence-corrected chi connectivity index (χ0v) is 17.0. The predicted molar refractivity (Wildman–Crippen MR) is 115 cm³/mol. The lowest BCUT2D eigenvalue weighted by Gasteiger charge is -2.32. The number of carbonyl (C=O) groups is 2. The zero-order valence-electron chi connectivity index (χ0n) is 16.2. The summed E-state index contributed by atoms with van der Waals surface area (Å²) < 4.78 is 0. The number of carbonyl (C=O) groups excluding carboxylic acids is 2. The number of halogens is 1. The van der Waals surface area contributed by atoms with Gasteiger partial charge in [-0.2, -0.15) is 0 Å². The average molecular weight is 419 g/mol. The Labute approximate surface area is 179 Å². The Balaban J connectivity index is 1.64. The van der Waals surface area contributed by atoms with Crippen molar-refractivity contribution in [2.45, 2.75) is 19.1 Å². The highest BCUT2D eigenvalue weighted by Gasteiger charge is 2.68. The van der Waals surface area contributed by atoms with Gasteiger partial charge in [0.1, 0.15) is 5.41 Å². The zero-order chi connectivity index (χ0) is 20.9. The highest BCUT2D eigenvalue weighted by Crippen LogP contribution is 2.55. The molecule has 0 bridgehead atoms. The summed E-state index contributed by atoms with van der Waals surface area (Å²) in [6, 6.07) is 25.5.